The van der Waals surface area contributed by atoms with Crippen LogP contribution in [-0.2, 0) is 4.79 Å². The second kappa shape index (κ2) is 7.33. The molecular formula is C10H7BrKNO2. The summed E-state index contributed by atoms with van der Waals surface area (Å²) in [6, 6.07) is 8.70. The number of benzene rings is 1. The Morgan fingerprint density at radius 1 is 1.40 bits per heavy atom. The Balaban J connectivity index is 0.00000196. The molecule has 1 aromatic carbocycles. The van der Waals surface area contributed by atoms with E-state index in [0.29, 0.717) is 5.56 Å². The number of halogens is 1. The van der Waals surface area contributed by atoms with Gasteiger partial charge in [-0.25, -0.2) is 4.79 Å². The van der Waals surface area contributed by atoms with Gasteiger partial charge in [0, 0.05) is 10.5 Å². The van der Waals surface area contributed by atoms with E-state index < -0.39 is 5.97 Å². The summed E-state index contributed by atoms with van der Waals surface area (Å²) in [6.45, 7) is 0. The summed E-state index contributed by atoms with van der Waals surface area (Å²) in [5, 5.41) is 17.2. The summed E-state index contributed by atoms with van der Waals surface area (Å²) in [5.41, 5.74) is 0.739. The van der Waals surface area contributed by atoms with Crippen molar-refractivity contribution in [1.29, 1.82) is 5.26 Å². The molecule has 0 saturated carbocycles. The molecule has 0 unspecified atom stereocenters. The van der Waals surface area contributed by atoms with Gasteiger partial charge in [-0.05, 0) is 17.7 Å². The van der Waals surface area contributed by atoms with E-state index in [0.717, 1.165) is 10.5 Å². The summed E-state index contributed by atoms with van der Waals surface area (Å²) in [7, 11) is 0. The summed E-state index contributed by atoms with van der Waals surface area (Å²) in [5.74, 6) is -1.12. The van der Waals surface area contributed by atoms with E-state index in [1.807, 2.05) is 6.07 Å². The predicted molar refractivity (Wildman–Crippen MR) is 62.5 cm³/mol. The van der Waals surface area contributed by atoms with Crippen molar-refractivity contribution >= 4 is 78.9 Å². The fourth-order valence-electron chi connectivity index (χ4n) is 0.933. The molecule has 0 amide bonds. The van der Waals surface area contributed by atoms with Crippen molar-refractivity contribution in [2.45, 2.75) is 0 Å². The van der Waals surface area contributed by atoms with Crippen LogP contribution in [0.25, 0.3) is 5.57 Å². The fraction of sp³-hybridized carbons (Fsp3) is 0. The molecule has 0 heterocycles. The maximum atomic E-state index is 10.4. The molecule has 0 saturated heterocycles. The molecule has 0 aliphatic rings. The topological polar surface area (TPSA) is 61.1 Å². The third-order valence-corrected chi connectivity index (χ3v) is 2.07. The first-order chi connectivity index (χ1) is 6.63. The number of allylic oxidation sites excluding steroid dienone is 1. The molecule has 0 atom stereocenters. The summed E-state index contributed by atoms with van der Waals surface area (Å²) in [4.78, 5) is 10.4. The Kier molecular flexibility index (Phi) is 7.35. The normalized spacial score (nSPS) is 10.0. The van der Waals surface area contributed by atoms with E-state index in [1.54, 1.807) is 24.3 Å². The first-order valence-electron chi connectivity index (χ1n) is 3.74. The van der Waals surface area contributed by atoms with Crippen LogP contribution in [0.2, 0.25) is 0 Å². The quantitative estimate of drug-likeness (QED) is 0.513. The standard InChI is InChI=1S/C10H6BrNO2.K.H/c11-9-3-1-7(2-4-9)8(6-12)5-10(13)14;;/h1-5H,(H,13,14);;. The van der Waals surface area contributed by atoms with Crippen molar-refractivity contribution in [2.24, 2.45) is 0 Å². The van der Waals surface area contributed by atoms with Gasteiger partial charge in [0.15, 0.2) is 0 Å². The molecule has 1 N–H and O–H groups in total. The Morgan fingerprint density at radius 2 is 1.93 bits per heavy atom. The van der Waals surface area contributed by atoms with Gasteiger partial charge in [0.05, 0.1) is 5.57 Å². The van der Waals surface area contributed by atoms with Gasteiger partial charge in [0.1, 0.15) is 6.07 Å². The summed E-state index contributed by atoms with van der Waals surface area (Å²) >= 11 is 3.25. The molecular weight excluding hydrogens is 285 g/mol. The average molecular weight is 292 g/mol. The van der Waals surface area contributed by atoms with Gasteiger partial charge in [-0.2, -0.15) is 5.26 Å². The van der Waals surface area contributed by atoms with Crippen LogP contribution in [0.3, 0.4) is 0 Å². The van der Waals surface area contributed by atoms with Crippen LogP contribution >= 0.6 is 15.9 Å². The molecule has 15 heavy (non-hydrogen) atoms. The minimum atomic E-state index is -1.12. The van der Waals surface area contributed by atoms with Gasteiger partial charge >= 0.3 is 57.4 Å². The van der Waals surface area contributed by atoms with Crippen LogP contribution in [0.4, 0.5) is 0 Å². The van der Waals surface area contributed by atoms with Crippen molar-refractivity contribution in [3.8, 4) is 6.07 Å². The van der Waals surface area contributed by atoms with E-state index in [4.69, 9.17) is 10.4 Å². The molecule has 72 valence electrons. The van der Waals surface area contributed by atoms with Crippen LogP contribution < -0.4 is 0 Å². The zero-order chi connectivity index (χ0) is 10.6. The average Bonchev–Trinajstić information content (AvgIpc) is 2.15. The van der Waals surface area contributed by atoms with Gasteiger partial charge in [-0.1, -0.05) is 28.1 Å². The van der Waals surface area contributed by atoms with Gasteiger partial charge in [0.2, 0.25) is 0 Å². The molecule has 1 rings (SSSR count). The van der Waals surface area contributed by atoms with E-state index in [-0.39, 0.29) is 57.0 Å². The molecule has 0 aromatic heterocycles. The molecule has 1 aromatic rings. The number of aliphatic carboxylic acids is 1. The summed E-state index contributed by atoms with van der Waals surface area (Å²) < 4.78 is 0.883. The fourth-order valence-corrected chi connectivity index (χ4v) is 1.20. The van der Waals surface area contributed by atoms with E-state index >= 15 is 0 Å². The van der Waals surface area contributed by atoms with Crippen molar-refractivity contribution < 1.29 is 9.90 Å². The van der Waals surface area contributed by atoms with E-state index in [2.05, 4.69) is 15.9 Å². The minimum absolute atomic E-state index is 0. The second-order valence-electron chi connectivity index (χ2n) is 2.51. The molecule has 5 heteroatoms. The number of carbonyl (C=O) groups is 1. The van der Waals surface area contributed by atoms with Crippen LogP contribution in [0.5, 0.6) is 0 Å². The molecule has 0 fully saturated rings. The van der Waals surface area contributed by atoms with Crippen molar-refractivity contribution in [2.75, 3.05) is 0 Å². The van der Waals surface area contributed by atoms with Crippen LogP contribution in [0.15, 0.2) is 34.8 Å². The Morgan fingerprint density at radius 3 is 2.33 bits per heavy atom. The van der Waals surface area contributed by atoms with E-state index in [1.165, 1.54) is 0 Å². The first-order valence-corrected chi connectivity index (χ1v) is 4.53. The van der Waals surface area contributed by atoms with Gasteiger partial charge < -0.3 is 5.11 Å². The van der Waals surface area contributed by atoms with Gasteiger partial charge in [-0.15, -0.1) is 0 Å². The SMILES string of the molecule is N#CC(=CC(=O)O)c1ccc(Br)cc1.[KH]. The Bertz CT molecular complexity index is 420. The molecule has 0 spiro atoms. The predicted octanol–water partition coefficient (Wildman–Crippen LogP) is 1.79. The number of carboxylic acid groups (broad SMARTS) is 1. The van der Waals surface area contributed by atoms with Crippen LogP contribution in [0.1, 0.15) is 5.56 Å². The molecule has 3 nitrogen and oxygen atoms in total. The van der Waals surface area contributed by atoms with Crippen LogP contribution in [-0.4, -0.2) is 62.5 Å². The van der Waals surface area contributed by atoms with Crippen molar-refractivity contribution in [3.05, 3.63) is 40.4 Å². The Labute approximate surface area is 138 Å². The number of hydrogen-bond donors (Lipinski definition) is 1. The van der Waals surface area contributed by atoms with Gasteiger partial charge in [0.25, 0.3) is 0 Å². The number of hydrogen-bond acceptors (Lipinski definition) is 2. The number of nitrogens with zero attached hydrogens (tertiary/aromatic N) is 1. The molecule has 0 radical (unpaired) electrons. The first kappa shape index (κ1) is 15.0. The van der Waals surface area contributed by atoms with Crippen molar-refractivity contribution in [1.82, 2.24) is 0 Å². The number of carboxylic acids is 1. The second-order valence-corrected chi connectivity index (χ2v) is 3.43. The third-order valence-electron chi connectivity index (χ3n) is 1.54. The van der Waals surface area contributed by atoms with Crippen LogP contribution in [0, 0.1) is 11.3 Å². The Hall–Kier alpha value is 0.0364. The van der Waals surface area contributed by atoms with Crippen molar-refractivity contribution in [3.63, 3.8) is 0 Å². The zero-order valence-electron chi connectivity index (χ0n) is 7.07. The molecule has 0 aliphatic carbocycles. The zero-order valence-corrected chi connectivity index (χ0v) is 8.65. The van der Waals surface area contributed by atoms with E-state index in [9.17, 15) is 4.79 Å². The monoisotopic (exact) mass is 291 g/mol. The molecule has 0 bridgehead atoms. The maximum absolute atomic E-state index is 10.4. The third kappa shape index (κ3) is 5.07. The molecule has 0 aliphatic heterocycles. The number of rotatable bonds is 2. The summed E-state index contributed by atoms with van der Waals surface area (Å²) in [6.07, 6.45) is 0.892. The van der Waals surface area contributed by atoms with Gasteiger partial charge in [-0.3, -0.25) is 0 Å². The number of nitriles is 1.